The Kier molecular flexibility index (Phi) is 7.66. The number of carbonyl (C=O) groups excluding carboxylic acids is 4. The minimum absolute atomic E-state index is 0.0144. The summed E-state index contributed by atoms with van der Waals surface area (Å²) in [5.41, 5.74) is 6.64. The summed E-state index contributed by atoms with van der Waals surface area (Å²) in [7, 11) is 0. The van der Waals surface area contributed by atoms with Crippen molar-refractivity contribution in [2.75, 3.05) is 5.32 Å². The van der Waals surface area contributed by atoms with E-state index in [2.05, 4.69) is 5.32 Å². The average Bonchev–Trinajstić information content (AvgIpc) is 2.45. The van der Waals surface area contributed by atoms with Crippen LogP contribution in [0.5, 0.6) is 0 Å². The van der Waals surface area contributed by atoms with E-state index in [0.717, 1.165) is 5.56 Å². The largest absolute Gasteiger partial charge is 0.370 e. The Morgan fingerprint density at radius 1 is 1.00 bits per heavy atom. The fourth-order valence-electron chi connectivity index (χ4n) is 2.05. The molecule has 2 amide bonds. The lowest BCUT2D eigenvalue weighted by Crippen LogP contribution is -2.14. The van der Waals surface area contributed by atoms with Gasteiger partial charge in [0.1, 0.15) is 11.6 Å². The number of hydrogen-bond donors (Lipinski definition) is 2. The summed E-state index contributed by atoms with van der Waals surface area (Å²) in [4.78, 5) is 44.6. The smallest absolute Gasteiger partial charge is 0.224 e. The van der Waals surface area contributed by atoms with Gasteiger partial charge in [0.25, 0.3) is 0 Å². The molecule has 0 aliphatic heterocycles. The Morgan fingerprint density at radius 2 is 1.65 bits per heavy atom. The zero-order chi connectivity index (χ0) is 17.2. The van der Waals surface area contributed by atoms with Crippen molar-refractivity contribution in [2.45, 2.75) is 45.4 Å². The van der Waals surface area contributed by atoms with Crippen molar-refractivity contribution in [3.05, 3.63) is 29.8 Å². The number of carbonyl (C=O) groups is 4. The van der Waals surface area contributed by atoms with E-state index in [0.29, 0.717) is 24.9 Å². The van der Waals surface area contributed by atoms with Gasteiger partial charge in [0.2, 0.25) is 11.8 Å². The van der Waals surface area contributed by atoms with Crippen LogP contribution in [0.25, 0.3) is 0 Å². The first-order chi connectivity index (χ1) is 10.9. The summed E-state index contributed by atoms with van der Waals surface area (Å²) in [5, 5.41) is 2.73. The molecule has 0 bridgehead atoms. The zero-order valence-corrected chi connectivity index (χ0v) is 13.3. The van der Waals surface area contributed by atoms with Crippen LogP contribution >= 0.6 is 0 Å². The molecular formula is C17H22N2O4. The number of Topliss-reactive ketones (excluding diaryl/α,β-unsaturated/α-hetero) is 2. The van der Waals surface area contributed by atoms with Gasteiger partial charge in [-0.05, 0) is 37.5 Å². The average molecular weight is 318 g/mol. The molecule has 124 valence electrons. The molecule has 6 nitrogen and oxygen atoms in total. The minimum Gasteiger partial charge on any atom is -0.370 e. The molecule has 0 aliphatic carbocycles. The lowest BCUT2D eigenvalue weighted by atomic mass is 10.0. The first-order valence-corrected chi connectivity index (χ1v) is 7.55. The second-order valence-electron chi connectivity index (χ2n) is 5.48. The summed E-state index contributed by atoms with van der Waals surface area (Å²) in [6.07, 6.45) is 1.75. The van der Waals surface area contributed by atoms with Crippen LogP contribution in [0.4, 0.5) is 5.69 Å². The molecule has 6 heteroatoms. The van der Waals surface area contributed by atoms with Gasteiger partial charge < -0.3 is 11.1 Å². The number of anilines is 1. The number of hydrogen-bond acceptors (Lipinski definition) is 4. The number of ketones is 2. The first-order valence-electron chi connectivity index (χ1n) is 7.55. The van der Waals surface area contributed by atoms with Crippen LogP contribution in [0.1, 0.15) is 44.6 Å². The standard InChI is InChI=1S/C17H22N2O4/c1-12(20)11-15(21)10-7-13-5-8-14(9-6-13)19-17(23)4-2-3-16(18)22/h5-6,8-9H,2-4,7,10-11H2,1H3,(H2,18,22)(H,19,23). The van der Waals surface area contributed by atoms with E-state index in [9.17, 15) is 19.2 Å². The molecule has 1 aromatic carbocycles. The van der Waals surface area contributed by atoms with Crippen molar-refractivity contribution >= 4 is 29.1 Å². The maximum atomic E-state index is 11.7. The molecule has 0 atom stereocenters. The molecule has 0 saturated carbocycles. The third kappa shape index (κ3) is 8.50. The molecule has 0 saturated heterocycles. The van der Waals surface area contributed by atoms with E-state index >= 15 is 0 Å². The number of aryl methyl sites for hydroxylation is 1. The van der Waals surface area contributed by atoms with Gasteiger partial charge in [0.15, 0.2) is 0 Å². The Balaban J connectivity index is 2.38. The number of benzene rings is 1. The first kappa shape index (κ1) is 18.5. The van der Waals surface area contributed by atoms with Gasteiger partial charge in [-0.1, -0.05) is 12.1 Å². The molecule has 0 radical (unpaired) electrons. The van der Waals surface area contributed by atoms with E-state index in [4.69, 9.17) is 5.73 Å². The van der Waals surface area contributed by atoms with Crippen LogP contribution in [0.15, 0.2) is 24.3 Å². The second kappa shape index (κ2) is 9.50. The van der Waals surface area contributed by atoms with Crippen molar-refractivity contribution < 1.29 is 19.2 Å². The highest BCUT2D eigenvalue weighted by atomic mass is 16.2. The minimum atomic E-state index is -0.415. The van der Waals surface area contributed by atoms with E-state index < -0.39 is 5.91 Å². The topological polar surface area (TPSA) is 106 Å². The Morgan fingerprint density at radius 3 is 2.22 bits per heavy atom. The summed E-state index contributed by atoms with van der Waals surface area (Å²) in [5.74, 6) is -0.772. The fraction of sp³-hybridized carbons (Fsp3) is 0.412. The molecule has 23 heavy (non-hydrogen) atoms. The van der Waals surface area contributed by atoms with E-state index in [-0.39, 0.29) is 36.7 Å². The molecule has 0 aromatic heterocycles. The van der Waals surface area contributed by atoms with Crippen LogP contribution in [0.2, 0.25) is 0 Å². The Bertz CT molecular complexity index is 579. The molecule has 1 rings (SSSR count). The maximum absolute atomic E-state index is 11.7. The van der Waals surface area contributed by atoms with Gasteiger partial charge in [0.05, 0.1) is 6.42 Å². The SMILES string of the molecule is CC(=O)CC(=O)CCc1ccc(NC(=O)CCCC(N)=O)cc1. The molecule has 3 N–H and O–H groups in total. The summed E-state index contributed by atoms with van der Waals surface area (Å²) in [6, 6.07) is 7.19. The highest BCUT2D eigenvalue weighted by Crippen LogP contribution is 2.12. The van der Waals surface area contributed by atoms with Gasteiger partial charge in [0, 0.05) is 24.9 Å². The molecular weight excluding hydrogens is 296 g/mol. The van der Waals surface area contributed by atoms with Gasteiger partial charge in [-0.25, -0.2) is 0 Å². The molecule has 0 heterocycles. The summed E-state index contributed by atoms with van der Waals surface area (Å²) < 4.78 is 0. The predicted molar refractivity (Wildman–Crippen MR) is 86.7 cm³/mol. The van der Waals surface area contributed by atoms with Gasteiger partial charge >= 0.3 is 0 Å². The normalized spacial score (nSPS) is 10.1. The van der Waals surface area contributed by atoms with Gasteiger partial charge in [-0.15, -0.1) is 0 Å². The van der Waals surface area contributed by atoms with E-state index in [1.165, 1.54) is 6.92 Å². The Hall–Kier alpha value is -2.50. The number of amides is 2. The third-order valence-corrected chi connectivity index (χ3v) is 3.20. The van der Waals surface area contributed by atoms with Crippen LogP contribution in [-0.4, -0.2) is 23.4 Å². The lowest BCUT2D eigenvalue weighted by molar-refractivity contribution is -0.126. The van der Waals surface area contributed by atoms with Crippen LogP contribution in [-0.2, 0) is 25.6 Å². The van der Waals surface area contributed by atoms with Crippen molar-refractivity contribution in [3.63, 3.8) is 0 Å². The van der Waals surface area contributed by atoms with E-state index in [1.807, 2.05) is 12.1 Å². The number of nitrogens with one attached hydrogen (secondary N) is 1. The zero-order valence-electron chi connectivity index (χ0n) is 13.3. The summed E-state index contributed by atoms with van der Waals surface area (Å²) in [6.45, 7) is 1.40. The number of rotatable bonds is 10. The van der Waals surface area contributed by atoms with Crippen molar-refractivity contribution in [2.24, 2.45) is 5.73 Å². The van der Waals surface area contributed by atoms with Crippen molar-refractivity contribution in [1.29, 1.82) is 0 Å². The fourth-order valence-corrected chi connectivity index (χ4v) is 2.05. The third-order valence-electron chi connectivity index (χ3n) is 3.20. The predicted octanol–water partition coefficient (Wildman–Crippen LogP) is 1.76. The van der Waals surface area contributed by atoms with Crippen LogP contribution in [0.3, 0.4) is 0 Å². The molecule has 1 aromatic rings. The quantitative estimate of drug-likeness (QED) is 0.641. The number of primary amides is 1. The van der Waals surface area contributed by atoms with Crippen molar-refractivity contribution in [1.82, 2.24) is 0 Å². The van der Waals surface area contributed by atoms with Crippen LogP contribution in [0, 0.1) is 0 Å². The lowest BCUT2D eigenvalue weighted by Gasteiger charge is -2.06. The van der Waals surface area contributed by atoms with Gasteiger partial charge in [-0.3, -0.25) is 19.2 Å². The molecule has 0 unspecified atom stereocenters. The Labute approximate surface area is 135 Å². The number of nitrogens with two attached hydrogens (primary N) is 1. The van der Waals surface area contributed by atoms with E-state index in [1.54, 1.807) is 12.1 Å². The van der Waals surface area contributed by atoms with Gasteiger partial charge in [-0.2, -0.15) is 0 Å². The molecule has 0 fully saturated rings. The van der Waals surface area contributed by atoms with Crippen LogP contribution < -0.4 is 11.1 Å². The molecule has 0 aliphatic rings. The highest BCUT2D eigenvalue weighted by molar-refractivity contribution is 5.98. The van der Waals surface area contributed by atoms with Crippen molar-refractivity contribution in [3.8, 4) is 0 Å². The monoisotopic (exact) mass is 318 g/mol. The summed E-state index contributed by atoms with van der Waals surface area (Å²) >= 11 is 0. The highest BCUT2D eigenvalue weighted by Gasteiger charge is 2.07. The molecule has 0 spiro atoms. The second-order valence-corrected chi connectivity index (χ2v) is 5.48. The maximum Gasteiger partial charge on any atom is 0.224 e.